The Hall–Kier alpha value is -2.60. The van der Waals surface area contributed by atoms with Crippen molar-refractivity contribution in [2.24, 2.45) is 0 Å². The number of anilines is 1. The fourth-order valence-corrected chi connectivity index (χ4v) is 2.73. The first-order valence-electron chi connectivity index (χ1n) is 8.42. The molecular weight excluding hydrogens is 396 g/mol. The van der Waals surface area contributed by atoms with Crippen molar-refractivity contribution in [3.8, 4) is 17.1 Å². The van der Waals surface area contributed by atoms with E-state index in [1.54, 1.807) is 12.1 Å². The number of rotatable bonds is 7. The number of nitrogens with one attached hydrogen (secondary N) is 1. The van der Waals surface area contributed by atoms with Crippen molar-refractivity contribution < 1.29 is 14.1 Å². The van der Waals surface area contributed by atoms with Gasteiger partial charge in [0, 0.05) is 21.8 Å². The fourth-order valence-electron chi connectivity index (χ4n) is 2.33. The monoisotopic (exact) mass is 414 g/mol. The number of amides is 1. The van der Waals surface area contributed by atoms with E-state index in [0.717, 1.165) is 28.6 Å². The average molecular weight is 415 g/mol. The van der Waals surface area contributed by atoms with Gasteiger partial charge >= 0.3 is 0 Å². The number of halogens is 1. The van der Waals surface area contributed by atoms with Gasteiger partial charge in [-0.1, -0.05) is 40.5 Å². The first kappa shape index (κ1) is 18.2. The van der Waals surface area contributed by atoms with Gasteiger partial charge in [0.1, 0.15) is 5.75 Å². The van der Waals surface area contributed by atoms with Crippen molar-refractivity contribution in [3.63, 3.8) is 0 Å². The maximum atomic E-state index is 12.3. The number of hydrogen-bond donors (Lipinski definition) is 1. The van der Waals surface area contributed by atoms with Gasteiger partial charge < -0.3 is 14.6 Å². The number of unbranched alkanes of at least 4 members (excludes halogenated alkanes) is 1. The average Bonchev–Trinajstić information content (AvgIpc) is 3.13. The molecule has 3 rings (SSSR count). The van der Waals surface area contributed by atoms with E-state index in [4.69, 9.17) is 9.26 Å². The van der Waals surface area contributed by atoms with Crippen LogP contribution in [0.2, 0.25) is 0 Å². The van der Waals surface area contributed by atoms with Crippen LogP contribution in [0.4, 0.5) is 5.69 Å². The second kappa shape index (κ2) is 8.67. The maximum Gasteiger partial charge on any atom is 0.277 e. The normalized spacial score (nSPS) is 10.5. The molecule has 1 amide bonds. The highest BCUT2D eigenvalue weighted by molar-refractivity contribution is 9.10. The lowest BCUT2D eigenvalue weighted by atomic mass is 10.1. The van der Waals surface area contributed by atoms with Gasteiger partial charge in [0.2, 0.25) is 0 Å². The van der Waals surface area contributed by atoms with Crippen molar-refractivity contribution >= 4 is 27.5 Å². The zero-order valence-electron chi connectivity index (χ0n) is 14.4. The summed E-state index contributed by atoms with van der Waals surface area (Å²) in [6, 6.07) is 16.5. The molecule has 134 valence electrons. The molecule has 2 aromatic carbocycles. The summed E-state index contributed by atoms with van der Waals surface area (Å²) in [5.41, 5.74) is 1.74. The van der Waals surface area contributed by atoms with Gasteiger partial charge in [-0.3, -0.25) is 4.79 Å². The quantitative estimate of drug-likeness (QED) is 0.515. The van der Waals surface area contributed by atoms with Crippen LogP contribution >= 0.6 is 15.9 Å². The van der Waals surface area contributed by atoms with Crippen LogP contribution in [-0.4, -0.2) is 17.7 Å². The van der Waals surface area contributed by atoms with Crippen LogP contribution in [0.15, 0.2) is 63.6 Å². The molecule has 0 unspecified atom stereocenters. The van der Waals surface area contributed by atoms with Gasteiger partial charge in [-0.15, -0.1) is 0 Å². The Morgan fingerprint density at radius 2 is 2.00 bits per heavy atom. The van der Waals surface area contributed by atoms with Crippen LogP contribution in [0.3, 0.4) is 0 Å². The third kappa shape index (κ3) is 4.73. The first-order valence-corrected chi connectivity index (χ1v) is 9.22. The van der Waals surface area contributed by atoms with E-state index in [1.165, 1.54) is 0 Å². The Balaban J connectivity index is 1.66. The van der Waals surface area contributed by atoms with Crippen LogP contribution in [-0.2, 0) is 0 Å². The summed E-state index contributed by atoms with van der Waals surface area (Å²) in [5, 5.41) is 6.65. The summed E-state index contributed by atoms with van der Waals surface area (Å²) in [5.74, 6) is 1.02. The van der Waals surface area contributed by atoms with Gasteiger partial charge in [-0.2, -0.15) is 0 Å². The topological polar surface area (TPSA) is 64.4 Å². The molecule has 1 heterocycles. The number of aromatic nitrogens is 1. The number of carbonyl (C=O) groups excluding carboxylic acids is 1. The summed E-state index contributed by atoms with van der Waals surface area (Å²) in [6.07, 6.45) is 2.13. The summed E-state index contributed by atoms with van der Waals surface area (Å²) in [4.78, 5) is 12.3. The van der Waals surface area contributed by atoms with E-state index >= 15 is 0 Å². The molecule has 0 radical (unpaired) electrons. The van der Waals surface area contributed by atoms with Crippen LogP contribution in [0.5, 0.6) is 5.75 Å². The minimum absolute atomic E-state index is 0.225. The molecule has 0 aliphatic carbocycles. The highest BCUT2D eigenvalue weighted by Crippen LogP contribution is 2.24. The van der Waals surface area contributed by atoms with Crippen molar-refractivity contribution in [1.29, 1.82) is 0 Å². The number of nitrogens with zero attached hydrogens (tertiary/aromatic N) is 1. The lowest BCUT2D eigenvalue weighted by Gasteiger charge is -2.05. The second-order valence-corrected chi connectivity index (χ2v) is 6.68. The standard InChI is InChI=1S/C20H19BrN2O3/c1-2-3-11-25-17-9-7-14(8-10-17)19-13-18(23-26-19)20(24)22-16-6-4-5-15(21)12-16/h4-10,12-13H,2-3,11H2,1H3,(H,22,24). The lowest BCUT2D eigenvalue weighted by Crippen LogP contribution is -2.11. The molecule has 1 aromatic heterocycles. The first-order chi connectivity index (χ1) is 12.7. The van der Waals surface area contributed by atoms with E-state index in [9.17, 15) is 4.79 Å². The van der Waals surface area contributed by atoms with Crippen LogP contribution < -0.4 is 10.1 Å². The number of benzene rings is 2. The van der Waals surface area contributed by atoms with Crippen molar-refractivity contribution in [2.75, 3.05) is 11.9 Å². The largest absolute Gasteiger partial charge is 0.494 e. The zero-order valence-corrected chi connectivity index (χ0v) is 16.0. The lowest BCUT2D eigenvalue weighted by molar-refractivity contribution is 0.101. The Kier molecular flexibility index (Phi) is 6.07. The van der Waals surface area contributed by atoms with E-state index < -0.39 is 0 Å². The van der Waals surface area contributed by atoms with Gasteiger partial charge in [-0.25, -0.2) is 0 Å². The molecule has 0 atom stereocenters. The van der Waals surface area contributed by atoms with Crippen molar-refractivity contribution in [2.45, 2.75) is 19.8 Å². The Bertz CT molecular complexity index is 875. The number of carbonyl (C=O) groups is 1. The molecule has 0 saturated heterocycles. The smallest absolute Gasteiger partial charge is 0.277 e. The van der Waals surface area contributed by atoms with E-state index in [2.05, 4.69) is 33.3 Å². The molecule has 0 saturated carbocycles. The summed E-state index contributed by atoms with van der Waals surface area (Å²) >= 11 is 3.37. The SMILES string of the molecule is CCCCOc1ccc(-c2cc(C(=O)Nc3cccc(Br)c3)no2)cc1. The van der Waals surface area contributed by atoms with E-state index in [-0.39, 0.29) is 11.6 Å². The highest BCUT2D eigenvalue weighted by atomic mass is 79.9. The summed E-state index contributed by atoms with van der Waals surface area (Å²) in [6.45, 7) is 2.83. The van der Waals surface area contributed by atoms with Crippen molar-refractivity contribution in [1.82, 2.24) is 5.16 Å². The Morgan fingerprint density at radius 3 is 2.73 bits per heavy atom. The second-order valence-electron chi connectivity index (χ2n) is 5.77. The van der Waals surface area contributed by atoms with Crippen LogP contribution in [0, 0.1) is 0 Å². The molecule has 0 aliphatic rings. The number of hydrogen-bond acceptors (Lipinski definition) is 4. The predicted octanol–water partition coefficient (Wildman–Crippen LogP) is 5.54. The van der Waals surface area contributed by atoms with Gasteiger partial charge in [0.25, 0.3) is 5.91 Å². The minimum Gasteiger partial charge on any atom is -0.494 e. The molecule has 0 aliphatic heterocycles. The van der Waals surface area contributed by atoms with Gasteiger partial charge in [-0.05, 0) is 48.9 Å². The predicted molar refractivity (Wildman–Crippen MR) is 104 cm³/mol. The number of ether oxygens (including phenoxy) is 1. The van der Waals surface area contributed by atoms with Crippen molar-refractivity contribution in [3.05, 3.63) is 64.8 Å². The summed E-state index contributed by atoms with van der Waals surface area (Å²) in [7, 11) is 0. The fraction of sp³-hybridized carbons (Fsp3) is 0.200. The molecule has 5 nitrogen and oxygen atoms in total. The third-order valence-corrected chi connectivity index (χ3v) is 4.22. The summed E-state index contributed by atoms with van der Waals surface area (Å²) < 4.78 is 11.8. The maximum absolute atomic E-state index is 12.3. The molecular formula is C20H19BrN2O3. The molecule has 6 heteroatoms. The van der Waals surface area contributed by atoms with E-state index in [1.807, 2.05) is 42.5 Å². The van der Waals surface area contributed by atoms with E-state index in [0.29, 0.717) is 18.1 Å². The molecule has 0 bridgehead atoms. The zero-order chi connectivity index (χ0) is 18.4. The molecule has 3 aromatic rings. The van der Waals surface area contributed by atoms with Gasteiger partial charge in [0.15, 0.2) is 11.5 Å². The minimum atomic E-state index is -0.322. The molecule has 26 heavy (non-hydrogen) atoms. The van der Waals surface area contributed by atoms with Crippen LogP contribution in [0.1, 0.15) is 30.3 Å². The van der Waals surface area contributed by atoms with Gasteiger partial charge in [0.05, 0.1) is 6.61 Å². The highest BCUT2D eigenvalue weighted by Gasteiger charge is 2.14. The molecule has 0 fully saturated rings. The Labute approximate surface area is 160 Å². The molecule has 0 spiro atoms. The molecule has 1 N–H and O–H groups in total. The third-order valence-electron chi connectivity index (χ3n) is 3.73. The van der Waals surface area contributed by atoms with Crippen LogP contribution in [0.25, 0.3) is 11.3 Å². The Morgan fingerprint density at radius 1 is 1.19 bits per heavy atom.